The summed E-state index contributed by atoms with van der Waals surface area (Å²) in [5.74, 6) is 0.524. The van der Waals surface area contributed by atoms with Gasteiger partial charge in [0.25, 0.3) is 0 Å². The smallest absolute Gasteiger partial charge is 0.0790 e. The number of hydrogen-bond acceptors (Lipinski definition) is 0. The van der Waals surface area contributed by atoms with E-state index in [4.69, 9.17) is 0 Å². The Morgan fingerprint density at radius 3 is 0.904 bits per heavy atom. The van der Waals surface area contributed by atoms with Crippen molar-refractivity contribution in [2.75, 3.05) is 0 Å². The highest BCUT2D eigenvalue weighted by Gasteiger charge is 2.48. The second kappa shape index (κ2) is 13.9. The summed E-state index contributed by atoms with van der Waals surface area (Å²) in [4.78, 5) is 0. The lowest BCUT2D eigenvalue weighted by Crippen LogP contribution is -2.70. The lowest BCUT2D eigenvalue weighted by atomic mass is 9.80. The van der Waals surface area contributed by atoms with Crippen molar-refractivity contribution in [3.05, 3.63) is 112 Å². The number of rotatable bonds is 6. The van der Waals surface area contributed by atoms with E-state index in [0.717, 1.165) is 6.42 Å². The van der Waals surface area contributed by atoms with Crippen molar-refractivity contribution in [1.29, 1.82) is 0 Å². The minimum atomic E-state index is -2.92. The Morgan fingerprint density at radius 1 is 0.442 bits per heavy atom. The molecule has 0 saturated heterocycles. The van der Waals surface area contributed by atoms with Crippen LogP contribution in [0.5, 0.6) is 0 Å². The van der Waals surface area contributed by atoms with Crippen LogP contribution >= 0.6 is 0 Å². The zero-order valence-electron chi connectivity index (χ0n) is 37.3. The van der Waals surface area contributed by atoms with Crippen molar-refractivity contribution in [3.8, 4) is 0 Å². The van der Waals surface area contributed by atoms with Crippen molar-refractivity contribution >= 4 is 23.6 Å². The molecule has 284 valence electrons. The molecular weight excluding hydrogens is 641 g/mol. The molecule has 3 aromatic carbocycles. The lowest BCUT2D eigenvalue weighted by Gasteiger charge is -2.42. The molecule has 1 aliphatic carbocycles. The lowest BCUT2D eigenvalue weighted by molar-refractivity contribution is 0.569. The minimum absolute atomic E-state index is 0.00699. The minimum Gasteiger partial charge on any atom is -0.0790 e. The zero-order chi connectivity index (χ0) is 39.6. The van der Waals surface area contributed by atoms with Crippen LogP contribution in [-0.4, -0.2) is 8.07 Å². The molecule has 4 rings (SSSR count). The maximum Gasteiger partial charge on any atom is 0.158 e. The Kier molecular flexibility index (Phi) is 11.2. The van der Waals surface area contributed by atoms with Gasteiger partial charge in [0.2, 0.25) is 0 Å². The second-order valence-corrected chi connectivity index (χ2v) is 26.6. The highest BCUT2D eigenvalue weighted by atomic mass is 28.3. The van der Waals surface area contributed by atoms with Crippen LogP contribution in [0.1, 0.15) is 178 Å². The highest BCUT2D eigenvalue weighted by molar-refractivity contribution is 7.13. The average Bonchev–Trinajstić information content (AvgIpc) is 3.48. The number of hydrogen-bond donors (Lipinski definition) is 0. The van der Waals surface area contributed by atoms with Crippen LogP contribution in [-0.2, 0) is 32.5 Å². The van der Waals surface area contributed by atoms with E-state index < -0.39 is 8.07 Å². The maximum atomic E-state index is 2.71. The third-order valence-corrected chi connectivity index (χ3v) is 16.9. The first-order valence-electron chi connectivity index (χ1n) is 20.3. The Hall–Kier alpha value is -2.64. The third kappa shape index (κ3) is 8.67. The Morgan fingerprint density at radius 2 is 0.692 bits per heavy atom. The fraction of sp³-hybridized carbons (Fsp3) is 0.569. The molecule has 0 aliphatic heterocycles. The molecule has 0 amide bonds. The van der Waals surface area contributed by atoms with Crippen LogP contribution in [0.3, 0.4) is 0 Å². The predicted molar refractivity (Wildman–Crippen MR) is 237 cm³/mol. The van der Waals surface area contributed by atoms with E-state index >= 15 is 0 Å². The van der Waals surface area contributed by atoms with Gasteiger partial charge in [0, 0.05) is 5.54 Å². The summed E-state index contributed by atoms with van der Waals surface area (Å²) in [6.07, 6.45) is 8.97. The van der Waals surface area contributed by atoms with Crippen LogP contribution < -0.4 is 15.6 Å². The molecule has 1 heteroatoms. The van der Waals surface area contributed by atoms with E-state index in [9.17, 15) is 0 Å². The van der Waals surface area contributed by atoms with Crippen molar-refractivity contribution in [2.45, 2.75) is 183 Å². The molecule has 0 spiro atoms. The topological polar surface area (TPSA) is 0 Å². The molecule has 0 N–H and O–H groups in total. The maximum absolute atomic E-state index is 2.92. The molecule has 0 saturated carbocycles. The fourth-order valence-corrected chi connectivity index (χ4v) is 12.9. The standard InChI is InChI=1S/C51H76Si/c1-21-34(2)35-22-23-42(24-35)52(43-28-36(46(3,4)5)25-37(29-43)47(6,7)8,44-30-38(48(9,10)11)26-39(31-44)49(12,13)14)45-32-40(50(15,16)17)27-41(33-45)51(18,19)20/h22-34,42H,21H2,1-20H3. The first-order valence-corrected chi connectivity index (χ1v) is 22.4. The SMILES string of the molecule is CCC(C)C1=CC([Si](c2cc(C(C)(C)C)cc(C(C)(C)C)c2)(c2cc(C(C)(C)C)cc(C(C)(C)C)c2)c2cc(C(C)(C)C)cc(C(C)(C)C)c2)C=C1. The quantitative estimate of drug-likeness (QED) is 0.176. The van der Waals surface area contributed by atoms with Gasteiger partial charge in [-0.25, -0.2) is 0 Å². The van der Waals surface area contributed by atoms with Gasteiger partial charge < -0.3 is 0 Å². The van der Waals surface area contributed by atoms with Gasteiger partial charge in [0.1, 0.15) is 0 Å². The van der Waals surface area contributed by atoms with Gasteiger partial charge >= 0.3 is 0 Å². The van der Waals surface area contributed by atoms with E-state index in [2.05, 4.69) is 211 Å². The van der Waals surface area contributed by atoms with Gasteiger partial charge in [-0.1, -0.05) is 211 Å². The largest absolute Gasteiger partial charge is 0.158 e. The molecule has 3 aromatic rings. The first kappa shape index (κ1) is 42.1. The van der Waals surface area contributed by atoms with Gasteiger partial charge in [0.15, 0.2) is 8.07 Å². The van der Waals surface area contributed by atoms with E-state index in [-0.39, 0.29) is 38.0 Å². The van der Waals surface area contributed by atoms with Crippen LogP contribution in [0, 0.1) is 5.92 Å². The summed E-state index contributed by atoms with van der Waals surface area (Å²) in [5.41, 5.74) is 10.4. The monoisotopic (exact) mass is 717 g/mol. The number of allylic oxidation sites excluding steroid dienone is 4. The number of benzene rings is 3. The molecule has 2 unspecified atom stereocenters. The summed E-state index contributed by atoms with van der Waals surface area (Å²) in [6, 6.07) is 23.5. The predicted octanol–water partition coefficient (Wildman–Crippen LogP) is 12.9. The van der Waals surface area contributed by atoms with Gasteiger partial charge in [-0.2, -0.15) is 0 Å². The normalized spacial score (nSPS) is 17.1. The molecule has 0 fully saturated rings. The first-order chi connectivity index (χ1) is 23.4. The van der Waals surface area contributed by atoms with E-state index in [1.807, 2.05) is 0 Å². The van der Waals surface area contributed by atoms with Gasteiger partial charge in [-0.3, -0.25) is 0 Å². The van der Waals surface area contributed by atoms with Crippen molar-refractivity contribution in [3.63, 3.8) is 0 Å². The molecule has 0 aromatic heterocycles. The Bertz CT molecular complexity index is 1540. The molecule has 2 atom stereocenters. The van der Waals surface area contributed by atoms with E-state index in [1.54, 1.807) is 0 Å². The molecule has 0 bridgehead atoms. The third-order valence-electron chi connectivity index (χ3n) is 11.9. The van der Waals surface area contributed by atoms with E-state index in [0.29, 0.717) is 5.92 Å². The van der Waals surface area contributed by atoms with Crippen LogP contribution in [0.2, 0.25) is 5.54 Å². The summed E-state index contributed by atoms with van der Waals surface area (Å²) in [5, 5.41) is 4.62. The second-order valence-electron chi connectivity index (χ2n) is 22.6. The average molecular weight is 717 g/mol. The summed E-state index contributed by atoms with van der Waals surface area (Å²) < 4.78 is 0. The van der Waals surface area contributed by atoms with Gasteiger partial charge in [0.05, 0.1) is 0 Å². The van der Waals surface area contributed by atoms with Crippen molar-refractivity contribution in [1.82, 2.24) is 0 Å². The molecule has 0 radical (unpaired) electrons. The Labute approximate surface area is 323 Å². The summed E-state index contributed by atoms with van der Waals surface area (Å²) >= 11 is 0. The van der Waals surface area contributed by atoms with E-state index in [1.165, 1.54) is 54.5 Å². The zero-order valence-corrected chi connectivity index (χ0v) is 38.3. The van der Waals surface area contributed by atoms with Crippen LogP contribution in [0.15, 0.2) is 78.4 Å². The van der Waals surface area contributed by atoms with Crippen LogP contribution in [0.25, 0.3) is 0 Å². The molecule has 0 heterocycles. The summed E-state index contributed by atoms with van der Waals surface area (Å²) in [7, 11) is -2.92. The van der Waals surface area contributed by atoms with Gasteiger partial charge in [-0.15, -0.1) is 0 Å². The fourth-order valence-electron chi connectivity index (χ4n) is 7.61. The molecule has 0 nitrogen and oxygen atoms in total. The molecular formula is C51H76Si. The molecule has 1 aliphatic rings. The summed E-state index contributed by atoms with van der Waals surface area (Å²) in [6.45, 7) is 47.9. The highest BCUT2D eigenvalue weighted by Crippen LogP contribution is 2.40. The Balaban J connectivity index is 2.45. The molecule has 52 heavy (non-hydrogen) atoms. The van der Waals surface area contributed by atoms with Crippen LogP contribution in [0.4, 0.5) is 0 Å². The van der Waals surface area contributed by atoms with Gasteiger partial charge in [-0.05, 0) is 99.3 Å². The van der Waals surface area contributed by atoms with Crippen molar-refractivity contribution < 1.29 is 0 Å². The van der Waals surface area contributed by atoms with Crippen molar-refractivity contribution in [2.24, 2.45) is 5.92 Å².